The zero-order valence-corrected chi connectivity index (χ0v) is 12.4. The number of nitrogens with zero attached hydrogens (tertiary/aromatic N) is 2. The van der Waals surface area contributed by atoms with Gasteiger partial charge in [0.1, 0.15) is 0 Å². The van der Waals surface area contributed by atoms with Gasteiger partial charge >= 0.3 is 0 Å². The molecule has 1 aliphatic rings. The second-order valence-electron chi connectivity index (χ2n) is 5.14. The van der Waals surface area contributed by atoms with Gasteiger partial charge in [-0.05, 0) is 12.5 Å². The van der Waals surface area contributed by atoms with Crippen LogP contribution in [0.1, 0.15) is 12.0 Å². The minimum Gasteiger partial charge on any atom is -0.369 e. The van der Waals surface area contributed by atoms with Crippen LogP contribution in [-0.4, -0.2) is 23.3 Å². The number of carbonyl (C=O) groups is 2. The van der Waals surface area contributed by atoms with Crippen molar-refractivity contribution >= 4 is 28.3 Å². The highest BCUT2D eigenvalue weighted by Gasteiger charge is 2.35. The van der Waals surface area contributed by atoms with E-state index in [0.717, 1.165) is 16.8 Å². The molecule has 1 aromatic heterocycles. The molecule has 1 atom stereocenters. The van der Waals surface area contributed by atoms with Crippen LogP contribution >= 0.6 is 11.3 Å². The molecule has 2 amide bonds. The van der Waals surface area contributed by atoms with Gasteiger partial charge in [0.05, 0.1) is 11.6 Å². The largest absolute Gasteiger partial charge is 0.369 e. The van der Waals surface area contributed by atoms with Crippen LogP contribution in [0.3, 0.4) is 0 Å². The van der Waals surface area contributed by atoms with Gasteiger partial charge in [0.25, 0.3) is 0 Å². The fraction of sp³-hybridized carbons (Fsp3) is 0.267. The average Bonchev–Trinajstić information content (AvgIpc) is 3.05. The summed E-state index contributed by atoms with van der Waals surface area (Å²) in [5.41, 5.74) is 8.32. The van der Waals surface area contributed by atoms with Gasteiger partial charge in [-0.2, -0.15) is 0 Å². The van der Waals surface area contributed by atoms with Crippen molar-refractivity contribution in [1.82, 2.24) is 4.98 Å². The van der Waals surface area contributed by atoms with Gasteiger partial charge in [-0.25, -0.2) is 4.98 Å². The van der Waals surface area contributed by atoms with Crippen LogP contribution in [0, 0.1) is 12.8 Å². The molecule has 2 aromatic rings. The summed E-state index contributed by atoms with van der Waals surface area (Å²) in [6, 6.07) is 7.98. The number of amides is 2. The highest BCUT2D eigenvalue weighted by molar-refractivity contribution is 7.14. The maximum atomic E-state index is 12.0. The zero-order chi connectivity index (χ0) is 15.0. The first-order chi connectivity index (χ1) is 10.1. The lowest BCUT2D eigenvalue weighted by atomic mass is 10.1. The Balaban J connectivity index is 1.88. The third kappa shape index (κ3) is 2.54. The Bertz CT molecular complexity index is 710. The zero-order valence-electron chi connectivity index (χ0n) is 11.6. The van der Waals surface area contributed by atoms with Crippen LogP contribution in [0.5, 0.6) is 0 Å². The Hall–Kier alpha value is -2.21. The summed E-state index contributed by atoms with van der Waals surface area (Å²) in [4.78, 5) is 29.3. The van der Waals surface area contributed by atoms with E-state index in [1.165, 1.54) is 11.3 Å². The highest BCUT2D eigenvalue weighted by Crippen LogP contribution is 2.32. The van der Waals surface area contributed by atoms with Crippen LogP contribution in [0.4, 0.5) is 5.13 Å². The van der Waals surface area contributed by atoms with Gasteiger partial charge in [-0.1, -0.05) is 24.3 Å². The number of nitrogens with two attached hydrogens (primary N) is 1. The summed E-state index contributed by atoms with van der Waals surface area (Å²) >= 11 is 1.41. The predicted octanol–water partition coefficient (Wildman–Crippen LogP) is 1.96. The first-order valence-electron chi connectivity index (χ1n) is 6.67. The molecular formula is C15H15N3O2S. The van der Waals surface area contributed by atoms with Crippen LogP contribution in [0.15, 0.2) is 29.6 Å². The van der Waals surface area contributed by atoms with E-state index in [1.807, 2.05) is 36.6 Å². The van der Waals surface area contributed by atoms with E-state index in [-0.39, 0.29) is 12.3 Å². The van der Waals surface area contributed by atoms with E-state index in [0.29, 0.717) is 11.7 Å². The standard InChI is InChI=1S/C15H15N3O2S/c1-9-4-2-3-5-11(9)12-8-21-15(17-12)18-7-10(14(16)20)6-13(18)19/h2-5,8,10H,6-7H2,1H3,(H2,16,20). The molecule has 1 saturated heterocycles. The lowest BCUT2D eigenvalue weighted by Gasteiger charge is -2.11. The van der Waals surface area contributed by atoms with Gasteiger partial charge in [-0.3, -0.25) is 14.5 Å². The Morgan fingerprint density at radius 3 is 2.86 bits per heavy atom. The highest BCUT2D eigenvalue weighted by atomic mass is 32.1. The summed E-state index contributed by atoms with van der Waals surface area (Å²) in [6.07, 6.45) is 0.175. The van der Waals surface area contributed by atoms with Crippen molar-refractivity contribution in [2.75, 3.05) is 11.4 Å². The molecule has 1 aliphatic heterocycles. The van der Waals surface area contributed by atoms with Crippen molar-refractivity contribution in [3.05, 3.63) is 35.2 Å². The molecule has 0 spiro atoms. The van der Waals surface area contributed by atoms with Crippen molar-refractivity contribution in [1.29, 1.82) is 0 Å². The van der Waals surface area contributed by atoms with Crippen LogP contribution in [0.2, 0.25) is 0 Å². The molecule has 0 bridgehead atoms. The summed E-state index contributed by atoms with van der Waals surface area (Å²) in [6.45, 7) is 2.35. The molecule has 5 nitrogen and oxygen atoms in total. The summed E-state index contributed by atoms with van der Waals surface area (Å²) < 4.78 is 0. The van der Waals surface area contributed by atoms with Crippen LogP contribution < -0.4 is 10.6 Å². The van der Waals surface area contributed by atoms with Gasteiger partial charge in [0.2, 0.25) is 11.8 Å². The maximum Gasteiger partial charge on any atom is 0.229 e. The Labute approximate surface area is 126 Å². The maximum absolute atomic E-state index is 12.0. The molecule has 0 aliphatic carbocycles. The third-order valence-electron chi connectivity index (χ3n) is 3.67. The molecule has 1 fully saturated rings. The van der Waals surface area contributed by atoms with Crippen LogP contribution in [0.25, 0.3) is 11.3 Å². The van der Waals surface area contributed by atoms with Crippen LogP contribution in [-0.2, 0) is 9.59 Å². The number of thiazole rings is 1. The molecule has 3 rings (SSSR count). The van der Waals surface area contributed by atoms with Crippen molar-refractivity contribution in [2.45, 2.75) is 13.3 Å². The average molecular weight is 301 g/mol. The van der Waals surface area contributed by atoms with Crippen molar-refractivity contribution in [2.24, 2.45) is 11.7 Å². The van der Waals surface area contributed by atoms with E-state index >= 15 is 0 Å². The van der Waals surface area contributed by atoms with Gasteiger partial charge in [-0.15, -0.1) is 11.3 Å². The molecule has 21 heavy (non-hydrogen) atoms. The number of primary amides is 1. The minimum absolute atomic E-state index is 0.0931. The lowest BCUT2D eigenvalue weighted by Crippen LogP contribution is -2.28. The minimum atomic E-state index is -0.429. The second kappa shape index (κ2) is 5.29. The summed E-state index contributed by atoms with van der Waals surface area (Å²) in [5.74, 6) is -0.936. The number of anilines is 1. The monoisotopic (exact) mass is 301 g/mol. The quantitative estimate of drug-likeness (QED) is 0.941. The number of aromatic nitrogens is 1. The number of hydrogen-bond donors (Lipinski definition) is 1. The predicted molar refractivity (Wildman–Crippen MR) is 81.9 cm³/mol. The Morgan fingerprint density at radius 2 is 2.19 bits per heavy atom. The van der Waals surface area contributed by atoms with E-state index < -0.39 is 11.8 Å². The summed E-state index contributed by atoms with van der Waals surface area (Å²) in [7, 11) is 0. The fourth-order valence-electron chi connectivity index (χ4n) is 2.46. The van der Waals surface area contributed by atoms with E-state index in [4.69, 9.17) is 5.73 Å². The topological polar surface area (TPSA) is 76.3 Å². The molecular weight excluding hydrogens is 286 g/mol. The number of rotatable bonds is 3. The molecule has 108 valence electrons. The smallest absolute Gasteiger partial charge is 0.229 e. The van der Waals surface area contributed by atoms with Gasteiger partial charge < -0.3 is 5.73 Å². The number of aryl methyl sites for hydroxylation is 1. The number of carbonyl (C=O) groups excluding carboxylic acids is 2. The molecule has 6 heteroatoms. The van der Waals surface area contributed by atoms with Crippen molar-refractivity contribution < 1.29 is 9.59 Å². The summed E-state index contributed by atoms with van der Waals surface area (Å²) in [5, 5.41) is 2.56. The first-order valence-corrected chi connectivity index (χ1v) is 7.55. The normalized spacial score (nSPS) is 18.2. The fourth-order valence-corrected chi connectivity index (χ4v) is 3.31. The van der Waals surface area contributed by atoms with E-state index in [9.17, 15) is 9.59 Å². The molecule has 2 heterocycles. The molecule has 0 saturated carbocycles. The Kier molecular flexibility index (Phi) is 3.47. The molecule has 2 N–H and O–H groups in total. The second-order valence-corrected chi connectivity index (χ2v) is 5.97. The molecule has 1 unspecified atom stereocenters. The van der Waals surface area contributed by atoms with Crippen molar-refractivity contribution in [3.8, 4) is 11.3 Å². The molecule has 0 radical (unpaired) electrons. The number of hydrogen-bond acceptors (Lipinski definition) is 4. The number of benzene rings is 1. The molecule has 1 aromatic carbocycles. The SMILES string of the molecule is Cc1ccccc1-c1csc(N2CC(C(N)=O)CC2=O)n1. The first kappa shape index (κ1) is 13.8. The third-order valence-corrected chi connectivity index (χ3v) is 4.53. The van der Waals surface area contributed by atoms with Gasteiger partial charge in [0, 0.05) is 23.9 Å². The Morgan fingerprint density at radius 1 is 1.43 bits per heavy atom. The van der Waals surface area contributed by atoms with E-state index in [2.05, 4.69) is 4.98 Å². The lowest BCUT2D eigenvalue weighted by molar-refractivity contribution is -0.123. The van der Waals surface area contributed by atoms with Gasteiger partial charge in [0.15, 0.2) is 5.13 Å². The van der Waals surface area contributed by atoms with E-state index in [1.54, 1.807) is 4.90 Å². The van der Waals surface area contributed by atoms with Crippen molar-refractivity contribution in [3.63, 3.8) is 0 Å².